The molecule has 1 aromatic rings. The molecule has 0 spiro atoms. The first kappa shape index (κ1) is 39.0. The summed E-state index contributed by atoms with van der Waals surface area (Å²) in [6.45, 7) is 14.9. The number of ketones is 1. The van der Waals surface area contributed by atoms with E-state index in [2.05, 4.69) is 36.6 Å². The van der Waals surface area contributed by atoms with E-state index in [1.54, 1.807) is 13.8 Å². The van der Waals surface area contributed by atoms with Crippen LogP contribution in [0.25, 0.3) is 0 Å². The second-order valence-corrected chi connectivity index (χ2v) is 13.7. The van der Waals surface area contributed by atoms with Crippen LogP contribution < -0.4 is 26.6 Å². The van der Waals surface area contributed by atoms with E-state index in [9.17, 15) is 28.8 Å². The smallest absolute Gasteiger partial charge is 0.289 e. The van der Waals surface area contributed by atoms with Crippen LogP contribution in [0.1, 0.15) is 98.0 Å². The van der Waals surface area contributed by atoms with Gasteiger partial charge < -0.3 is 26.6 Å². The van der Waals surface area contributed by atoms with Gasteiger partial charge in [-0.15, -0.1) is 0 Å². The monoisotopic (exact) mass is 655 g/mol. The Hall–Kier alpha value is -4.16. The van der Waals surface area contributed by atoms with Crippen LogP contribution in [0.3, 0.4) is 0 Å². The highest BCUT2D eigenvalue weighted by Crippen LogP contribution is 2.28. The molecular weight excluding hydrogens is 602 g/mol. The molecule has 0 aliphatic heterocycles. The molecule has 2 rings (SSSR count). The van der Waals surface area contributed by atoms with Crippen molar-refractivity contribution in [1.29, 1.82) is 0 Å². The fraction of sp³-hybridized carbons (Fsp3) is 0.647. The standard InChI is InChI=1S/C34H53N7O6/c1-9-12-24(28(43)32(46)38-21(5)10-2)39-26(42)17-22-13-11-14-23(22)18-37-33(47)29(34(6,7)8)41-31(45)27(20(3)4)40-30(44)25-19-35-15-16-36-25/h11,14-16,19-24,27,29H,9-10,12-13,17-18H2,1-8H3,(H,37,47)(H,38,46)(H,39,42)(H,40,44)(H,41,45)/t21-,22+,23-,24?,27+,29+/m0/s1. The highest BCUT2D eigenvalue weighted by molar-refractivity contribution is 6.38. The molecule has 0 bridgehead atoms. The van der Waals surface area contributed by atoms with Crippen LogP contribution in [-0.4, -0.2) is 76.0 Å². The molecule has 0 saturated carbocycles. The molecule has 47 heavy (non-hydrogen) atoms. The second kappa shape index (κ2) is 18.2. The fourth-order valence-corrected chi connectivity index (χ4v) is 5.23. The number of hydrogen-bond acceptors (Lipinski definition) is 8. The number of carbonyl (C=O) groups excluding carboxylic acids is 6. The van der Waals surface area contributed by atoms with Gasteiger partial charge in [-0.3, -0.25) is 33.8 Å². The summed E-state index contributed by atoms with van der Waals surface area (Å²) in [6.07, 6.45) is 10.4. The lowest BCUT2D eigenvalue weighted by Gasteiger charge is -2.33. The predicted molar refractivity (Wildman–Crippen MR) is 178 cm³/mol. The topological polar surface area (TPSA) is 188 Å². The van der Waals surface area contributed by atoms with Crippen LogP contribution in [0.2, 0.25) is 0 Å². The highest BCUT2D eigenvalue weighted by Gasteiger charge is 2.37. The predicted octanol–water partition coefficient (Wildman–Crippen LogP) is 2.23. The second-order valence-electron chi connectivity index (χ2n) is 13.7. The molecule has 1 heterocycles. The van der Waals surface area contributed by atoms with Crippen LogP contribution in [0.4, 0.5) is 0 Å². The van der Waals surface area contributed by atoms with Gasteiger partial charge in [0.15, 0.2) is 0 Å². The van der Waals surface area contributed by atoms with Gasteiger partial charge in [0.05, 0.1) is 12.2 Å². The van der Waals surface area contributed by atoms with Crippen molar-refractivity contribution >= 4 is 35.3 Å². The molecule has 6 atom stereocenters. The molecule has 13 heteroatoms. The molecule has 260 valence electrons. The van der Waals surface area contributed by atoms with E-state index in [0.717, 1.165) is 0 Å². The molecule has 1 aliphatic carbocycles. The Morgan fingerprint density at radius 1 is 0.936 bits per heavy atom. The van der Waals surface area contributed by atoms with Crippen LogP contribution in [0.15, 0.2) is 30.7 Å². The molecule has 0 aromatic carbocycles. The average molecular weight is 656 g/mol. The molecule has 5 N–H and O–H groups in total. The summed E-state index contributed by atoms with van der Waals surface area (Å²) in [5.41, 5.74) is -0.591. The quantitative estimate of drug-likeness (QED) is 0.125. The lowest BCUT2D eigenvalue weighted by atomic mass is 9.85. The number of nitrogens with zero attached hydrogens (tertiary/aromatic N) is 2. The summed E-state index contributed by atoms with van der Waals surface area (Å²) in [5, 5.41) is 13.9. The first-order chi connectivity index (χ1) is 22.1. The molecule has 1 aliphatic rings. The minimum Gasteiger partial charge on any atom is -0.354 e. The average Bonchev–Trinajstić information content (AvgIpc) is 3.46. The molecule has 13 nitrogen and oxygen atoms in total. The summed E-state index contributed by atoms with van der Waals surface area (Å²) >= 11 is 0. The Morgan fingerprint density at radius 3 is 2.21 bits per heavy atom. The molecule has 1 aromatic heterocycles. The van der Waals surface area contributed by atoms with E-state index >= 15 is 0 Å². The van der Waals surface area contributed by atoms with Crippen molar-refractivity contribution in [2.24, 2.45) is 23.2 Å². The zero-order valence-corrected chi connectivity index (χ0v) is 29.0. The van der Waals surface area contributed by atoms with Crippen molar-refractivity contribution in [3.05, 3.63) is 36.4 Å². The molecule has 0 saturated heterocycles. The fourth-order valence-electron chi connectivity index (χ4n) is 5.23. The lowest BCUT2D eigenvalue weighted by Crippen LogP contribution is -2.59. The minimum atomic E-state index is -0.924. The first-order valence-electron chi connectivity index (χ1n) is 16.5. The zero-order valence-electron chi connectivity index (χ0n) is 29.0. The molecule has 1 unspecified atom stereocenters. The van der Waals surface area contributed by atoms with E-state index in [-0.39, 0.29) is 48.4 Å². The van der Waals surface area contributed by atoms with Crippen LogP contribution in [0.5, 0.6) is 0 Å². The van der Waals surface area contributed by atoms with Gasteiger partial charge in [-0.1, -0.05) is 67.0 Å². The van der Waals surface area contributed by atoms with Gasteiger partial charge in [0.2, 0.25) is 23.5 Å². The van der Waals surface area contributed by atoms with Gasteiger partial charge in [-0.25, -0.2) is 4.98 Å². The first-order valence-corrected chi connectivity index (χ1v) is 16.5. The van der Waals surface area contributed by atoms with Gasteiger partial charge in [-0.05, 0) is 49.4 Å². The third-order valence-corrected chi connectivity index (χ3v) is 8.28. The largest absolute Gasteiger partial charge is 0.354 e. The highest BCUT2D eigenvalue weighted by atomic mass is 16.2. The van der Waals surface area contributed by atoms with E-state index in [4.69, 9.17) is 0 Å². The van der Waals surface area contributed by atoms with Crippen molar-refractivity contribution in [1.82, 2.24) is 36.6 Å². The molecule has 5 amide bonds. The van der Waals surface area contributed by atoms with Crippen molar-refractivity contribution in [3.63, 3.8) is 0 Å². The van der Waals surface area contributed by atoms with Crippen molar-refractivity contribution in [3.8, 4) is 0 Å². The Balaban J connectivity index is 2.02. The lowest BCUT2D eigenvalue weighted by molar-refractivity contribution is -0.140. The normalized spacial score (nSPS) is 18.4. The maximum atomic E-state index is 13.5. The third-order valence-electron chi connectivity index (χ3n) is 8.28. The number of aromatic nitrogens is 2. The molecular formula is C34H53N7O6. The number of amides is 5. The number of allylic oxidation sites excluding steroid dienone is 1. The number of Topliss-reactive ketones (excluding diaryl/α,β-unsaturated/α-hetero) is 1. The Bertz CT molecular complexity index is 1280. The van der Waals surface area contributed by atoms with Crippen LogP contribution in [-0.2, 0) is 24.0 Å². The summed E-state index contributed by atoms with van der Waals surface area (Å²) in [4.78, 5) is 85.7. The maximum Gasteiger partial charge on any atom is 0.289 e. The van der Waals surface area contributed by atoms with Gasteiger partial charge in [0, 0.05) is 31.4 Å². The number of nitrogens with one attached hydrogen (secondary N) is 5. The summed E-state index contributed by atoms with van der Waals surface area (Å²) in [7, 11) is 0. The summed E-state index contributed by atoms with van der Waals surface area (Å²) in [5.74, 6) is -3.68. The van der Waals surface area contributed by atoms with Gasteiger partial charge in [-0.2, -0.15) is 0 Å². The Kier molecular flexibility index (Phi) is 15.2. The van der Waals surface area contributed by atoms with E-state index in [1.165, 1.54) is 18.6 Å². The van der Waals surface area contributed by atoms with Gasteiger partial charge in [0.25, 0.3) is 11.8 Å². The Morgan fingerprint density at radius 2 is 1.64 bits per heavy atom. The third kappa shape index (κ3) is 12.2. The maximum absolute atomic E-state index is 13.5. The zero-order chi connectivity index (χ0) is 35.3. The van der Waals surface area contributed by atoms with Crippen molar-refractivity contribution < 1.29 is 28.8 Å². The van der Waals surface area contributed by atoms with Crippen molar-refractivity contribution in [2.75, 3.05) is 6.54 Å². The van der Waals surface area contributed by atoms with Gasteiger partial charge >= 0.3 is 0 Å². The van der Waals surface area contributed by atoms with Crippen LogP contribution in [0, 0.1) is 23.2 Å². The van der Waals surface area contributed by atoms with Crippen molar-refractivity contribution in [2.45, 2.75) is 112 Å². The van der Waals surface area contributed by atoms with E-state index in [0.29, 0.717) is 25.7 Å². The SMILES string of the molecule is CCCC(NC(=O)C[C@H]1CC=C[C@H]1CNC(=O)[C@@H](NC(=O)[C@H](NC(=O)c1cnccn1)C(C)C)C(C)(C)C)C(=O)C(=O)N[C@@H](C)CC. The molecule has 0 radical (unpaired) electrons. The molecule has 0 fully saturated rings. The number of hydrogen-bond donors (Lipinski definition) is 5. The Labute approximate surface area is 278 Å². The number of rotatable bonds is 17. The minimum absolute atomic E-state index is 0.0727. The van der Waals surface area contributed by atoms with Crippen LogP contribution >= 0.6 is 0 Å². The number of carbonyl (C=O) groups is 6. The van der Waals surface area contributed by atoms with Gasteiger partial charge in [0.1, 0.15) is 17.8 Å². The summed E-state index contributed by atoms with van der Waals surface area (Å²) < 4.78 is 0. The summed E-state index contributed by atoms with van der Waals surface area (Å²) in [6, 6.07) is -2.89. The van der Waals surface area contributed by atoms with E-state index < -0.39 is 53.0 Å². The van der Waals surface area contributed by atoms with E-state index in [1.807, 2.05) is 53.7 Å².